The highest BCUT2D eigenvalue weighted by Gasteiger charge is 2.14. The van der Waals surface area contributed by atoms with Crippen molar-refractivity contribution in [2.24, 2.45) is 0 Å². The molecule has 0 saturated heterocycles. The summed E-state index contributed by atoms with van der Waals surface area (Å²) >= 11 is 25.0. The molecule has 0 aliphatic carbocycles. The number of hydrogen-bond donors (Lipinski definition) is 1. The van der Waals surface area contributed by atoms with Crippen LogP contribution in [0.4, 0.5) is 0 Å². The Bertz CT molecular complexity index is 1610. The van der Waals surface area contributed by atoms with Crippen LogP contribution in [0.25, 0.3) is 22.2 Å². The van der Waals surface area contributed by atoms with Gasteiger partial charge in [-0.1, -0.05) is 94.9 Å². The first-order valence-corrected chi connectivity index (χ1v) is 13.1. The summed E-state index contributed by atoms with van der Waals surface area (Å²) in [5.41, 5.74) is 6.70. The number of imidazole rings is 1. The van der Waals surface area contributed by atoms with Crippen LogP contribution in [0.3, 0.4) is 0 Å². The van der Waals surface area contributed by atoms with Crippen molar-refractivity contribution in [1.29, 1.82) is 5.41 Å². The predicted molar refractivity (Wildman–Crippen MR) is 162 cm³/mol. The van der Waals surface area contributed by atoms with Crippen LogP contribution in [-0.2, 0) is 25.9 Å². The zero-order valence-electron chi connectivity index (χ0n) is 19.7. The van der Waals surface area contributed by atoms with Crippen molar-refractivity contribution in [2.45, 2.75) is 25.9 Å². The summed E-state index contributed by atoms with van der Waals surface area (Å²) in [6, 6.07) is 27.8. The lowest BCUT2D eigenvalue weighted by atomic mass is 10.1. The van der Waals surface area contributed by atoms with Crippen molar-refractivity contribution in [3.63, 3.8) is 0 Å². The van der Waals surface area contributed by atoms with Gasteiger partial charge in [-0.2, -0.15) is 0 Å². The van der Waals surface area contributed by atoms with Gasteiger partial charge in [0, 0.05) is 33.2 Å². The maximum Gasteiger partial charge on any atom is 0.203 e. The summed E-state index contributed by atoms with van der Waals surface area (Å²) < 4.78 is 4.09. The highest BCUT2D eigenvalue weighted by atomic mass is 79.9. The van der Waals surface area contributed by atoms with E-state index in [4.69, 9.17) is 51.8 Å². The molecule has 4 aromatic carbocycles. The monoisotopic (exact) mass is 633 g/mol. The van der Waals surface area contributed by atoms with Gasteiger partial charge in [-0.15, -0.1) is 17.0 Å². The minimum absolute atomic E-state index is 0. The molecule has 1 N–H and O–H groups in total. The van der Waals surface area contributed by atoms with Crippen LogP contribution in [0.15, 0.2) is 84.9 Å². The van der Waals surface area contributed by atoms with Crippen LogP contribution >= 0.6 is 63.4 Å². The van der Waals surface area contributed by atoms with E-state index in [1.54, 1.807) is 12.1 Å². The van der Waals surface area contributed by atoms with Crippen LogP contribution in [0.1, 0.15) is 11.1 Å². The zero-order valence-corrected chi connectivity index (χ0v) is 24.5. The fourth-order valence-electron chi connectivity index (χ4n) is 4.52. The molecular weight excluding hydrogens is 612 g/mol. The van der Waals surface area contributed by atoms with E-state index in [1.807, 2.05) is 47.0 Å². The zero-order chi connectivity index (χ0) is 25.2. The normalized spacial score (nSPS) is 11.0. The number of nitrogens with zero attached hydrogens (tertiary/aromatic N) is 2. The second-order valence-electron chi connectivity index (χ2n) is 8.67. The molecule has 0 unspecified atom stereocenters. The molecule has 0 spiro atoms. The van der Waals surface area contributed by atoms with E-state index in [0.717, 1.165) is 33.3 Å². The first-order valence-electron chi connectivity index (χ1n) is 11.6. The van der Waals surface area contributed by atoms with Crippen LogP contribution in [0, 0.1) is 5.41 Å². The minimum Gasteiger partial charge on any atom is -0.310 e. The van der Waals surface area contributed by atoms with Crippen molar-refractivity contribution in [3.8, 4) is 11.1 Å². The van der Waals surface area contributed by atoms with E-state index < -0.39 is 0 Å². The third-order valence-corrected chi connectivity index (χ3v) is 7.59. The number of benzene rings is 4. The molecule has 5 rings (SSSR count). The summed E-state index contributed by atoms with van der Waals surface area (Å²) in [7, 11) is 0. The Balaban J connectivity index is 0.00000320. The van der Waals surface area contributed by atoms with Crippen molar-refractivity contribution in [1.82, 2.24) is 9.13 Å². The Morgan fingerprint density at radius 1 is 0.568 bits per heavy atom. The number of halogens is 5. The maximum absolute atomic E-state index is 9.07. The quantitative estimate of drug-likeness (QED) is 0.185. The van der Waals surface area contributed by atoms with Gasteiger partial charge in [-0.25, -0.2) is 0 Å². The lowest BCUT2D eigenvalue weighted by Crippen LogP contribution is -2.26. The molecule has 190 valence electrons. The van der Waals surface area contributed by atoms with E-state index in [2.05, 4.69) is 34.9 Å². The fourth-order valence-corrected chi connectivity index (χ4v) is 5.52. The lowest BCUT2D eigenvalue weighted by Gasteiger charge is -2.08. The minimum atomic E-state index is 0. The summed E-state index contributed by atoms with van der Waals surface area (Å²) in [4.78, 5) is 0. The highest BCUT2D eigenvalue weighted by molar-refractivity contribution is 8.93. The molecule has 0 aliphatic heterocycles. The average Bonchev–Trinajstić information content (AvgIpc) is 3.13. The van der Waals surface area contributed by atoms with Crippen LogP contribution in [-0.4, -0.2) is 9.13 Å². The first kappa shape index (κ1) is 27.8. The van der Waals surface area contributed by atoms with Crippen molar-refractivity contribution < 1.29 is 0 Å². The van der Waals surface area contributed by atoms with Crippen molar-refractivity contribution >= 4 is 74.4 Å². The van der Waals surface area contributed by atoms with E-state index in [9.17, 15) is 0 Å². The molecule has 8 heteroatoms. The molecule has 5 aromatic rings. The van der Waals surface area contributed by atoms with Gasteiger partial charge in [0.25, 0.3) is 0 Å². The predicted octanol–water partition coefficient (Wildman–Crippen LogP) is 9.27. The Morgan fingerprint density at radius 2 is 1.11 bits per heavy atom. The largest absolute Gasteiger partial charge is 0.310 e. The Kier molecular flexibility index (Phi) is 9.10. The topological polar surface area (TPSA) is 33.7 Å². The molecule has 0 saturated carbocycles. The molecule has 0 amide bonds. The second kappa shape index (κ2) is 12.1. The number of hydrogen-bond acceptors (Lipinski definition) is 1. The summed E-state index contributed by atoms with van der Waals surface area (Å²) in [6.45, 7) is 1.24. The Morgan fingerprint density at radius 3 is 1.65 bits per heavy atom. The summed E-state index contributed by atoms with van der Waals surface area (Å²) in [5, 5.41) is 11.6. The van der Waals surface area contributed by atoms with Crippen LogP contribution < -0.4 is 5.62 Å². The fraction of sp³-hybridized carbons (Fsp3) is 0.138. The summed E-state index contributed by atoms with van der Waals surface area (Å²) in [5.74, 6) is 0. The number of aryl methyl sites for hydroxylation is 4. The summed E-state index contributed by atoms with van der Waals surface area (Å²) in [6.07, 6.45) is 1.37. The van der Waals surface area contributed by atoms with E-state index in [0.29, 0.717) is 51.6 Å². The van der Waals surface area contributed by atoms with Gasteiger partial charge in [-0.05, 0) is 71.5 Å². The third-order valence-electron chi connectivity index (χ3n) is 6.42. The van der Waals surface area contributed by atoms with E-state index in [1.165, 1.54) is 0 Å². The van der Waals surface area contributed by atoms with Gasteiger partial charge in [0.05, 0.1) is 11.0 Å². The number of rotatable bonds is 7. The van der Waals surface area contributed by atoms with Crippen LogP contribution in [0.5, 0.6) is 0 Å². The van der Waals surface area contributed by atoms with Crippen LogP contribution in [0.2, 0.25) is 20.1 Å². The molecule has 1 aromatic heterocycles. The molecular formula is C29H24BrCl4N3. The average molecular weight is 636 g/mol. The maximum atomic E-state index is 9.07. The molecule has 0 bridgehead atoms. The lowest BCUT2D eigenvalue weighted by molar-refractivity contribution is 0.595. The molecule has 0 aliphatic rings. The number of aromatic nitrogens is 2. The van der Waals surface area contributed by atoms with Crippen molar-refractivity contribution in [2.75, 3.05) is 0 Å². The van der Waals surface area contributed by atoms with E-state index >= 15 is 0 Å². The van der Waals surface area contributed by atoms with Gasteiger partial charge in [-0.3, -0.25) is 5.41 Å². The van der Waals surface area contributed by atoms with Crippen molar-refractivity contribution in [3.05, 3.63) is 122 Å². The molecule has 1 heterocycles. The van der Waals surface area contributed by atoms with E-state index in [-0.39, 0.29) is 17.0 Å². The molecule has 0 radical (unpaired) electrons. The smallest absolute Gasteiger partial charge is 0.203 e. The highest BCUT2D eigenvalue weighted by Crippen LogP contribution is 2.27. The molecule has 37 heavy (non-hydrogen) atoms. The Hall–Kier alpha value is -2.21. The van der Waals surface area contributed by atoms with Gasteiger partial charge >= 0.3 is 0 Å². The SMILES string of the molecule is Br.N=c1n(CCc2ccc(Cl)cc2Cl)c2ccc(-c3ccccc3)cc2n1CCc1ccc(Cl)cc1Cl. The third kappa shape index (κ3) is 6.10. The standard InChI is InChI=1S/C29H23Cl4N3.BrH/c30-23-9-6-20(25(32)17-23)12-14-35-27-11-8-22(19-4-2-1-3-5-19)16-28(27)36(29(35)34)15-13-21-7-10-24(31)18-26(21)33;/h1-11,16-18,34H,12-15H2;1H. The molecule has 0 fully saturated rings. The number of nitrogens with one attached hydrogen (secondary N) is 1. The second-order valence-corrected chi connectivity index (χ2v) is 10.4. The van der Waals surface area contributed by atoms with Gasteiger partial charge in [0.2, 0.25) is 5.62 Å². The molecule has 0 atom stereocenters. The van der Waals surface area contributed by atoms with Gasteiger partial charge in [0.15, 0.2) is 0 Å². The first-order chi connectivity index (χ1) is 17.4. The van der Waals surface area contributed by atoms with Gasteiger partial charge < -0.3 is 9.13 Å². The molecule has 3 nitrogen and oxygen atoms in total. The Labute approximate surface area is 246 Å². The van der Waals surface area contributed by atoms with Gasteiger partial charge in [0.1, 0.15) is 0 Å². The number of fused-ring (bicyclic) bond motifs is 1.